The fourth-order valence-electron chi connectivity index (χ4n) is 5.10. The Kier molecular flexibility index (Phi) is 7.82. The predicted molar refractivity (Wildman–Crippen MR) is 154 cm³/mol. The van der Waals surface area contributed by atoms with Crippen molar-refractivity contribution >= 4 is 34.6 Å². The number of piperazine rings is 1. The number of nitriles is 1. The number of amides is 2. The number of hydrogen-bond donors (Lipinski definition) is 1. The van der Waals surface area contributed by atoms with Crippen LogP contribution >= 0.6 is 0 Å². The van der Waals surface area contributed by atoms with E-state index in [1.807, 2.05) is 60.7 Å². The van der Waals surface area contributed by atoms with E-state index in [0.717, 1.165) is 49.5 Å². The Morgan fingerprint density at radius 3 is 2.38 bits per heavy atom. The van der Waals surface area contributed by atoms with Crippen molar-refractivity contribution in [3.8, 4) is 6.07 Å². The van der Waals surface area contributed by atoms with Gasteiger partial charge in [-0.1, -0.05) is 43.3 Å². The van der Waals surface area contributed by atoms with Gasteiger partial charge in [0, 0.05) is 44.6 Å². The number of hydrogen-bond acceptors (Lipinski definition) is 6. The molecular formula is C31H32N6O2. The van der Waals surface area contributed by atoms with Crippen molar-refractivity contribution in [3.05, 3.63) is 89.5 Å². The summed E-state index contributed by atoms with van der Waals surface area (Å²) in [5, 5.41) is 12.2. The summed E-state index contributed by atoms with van der Waals surface area (Å²) < 4.78 is 0. The van der Waals surface area contributed by atoms with Crippen molar-refractivity contribution < 1.29 is 9.59 Å². The highest BCUT2D eigenvalue weighted by atomic mass is 16.2. The van der Waals surface area contributed by atoms with Gasteiger partial charge in [0.2, 0.25) is 11.8 Å². The first-order valence-corrected chi connectivity index (χ1v) is 13.3. The molecule has 1 atom stereocenters. The van der Waals surface area contributed by atoms with Crippen LogP contribution in [0, 0.1) is 11.3 Å². The van der Waals surface area contributed by atoms with Crippen LogP contribution in [-0.4, -0.2) is 73.6 Å². The lowest BCUT2D eigenvalue weighted by molar-refractivity contribution is -0.120. The smallest absolute Gasteiger partial charge is 0.240 e. The third-order valence-electron chi connectivity index (χ3n) is 7.49. The van der Waals surface area contributed by atoms with Gasteiger partial charge >= 0.3 is 0 Å². The molecule has 1 saturated heterocycles. The third-order valence-corrected chi connectivity index (χ3v) is 7.49. The third kappa shape index (κ3) is 5.75. The molecule has 3 aromatic rings. The average molecular weight is 521 g/mol. The number of carbonyl (C=O) groups excluding carboxylic acids is 2. The Bertz CT molecular complexity index is 1420. The summed E-state index contributed by atoms with van der Waals surface area (Å²) in [4.78, 5) is 37.3. The molecule has 5 rings (SSSR count). The lowest BCUT2D eigenvalue weighted by atomic mass is 9.90. The van der Waals surface area contributed by atoms with Crippen LogP contribution in [0.3, 0.4) is 0 Å². The maximum absolute atomic E-state index is 13.1. The van der Waals surface area contributed by atoms with Gasteiger partial charge in [0.15, 0.2) is 0 Å². The maximum atomic E-state index is 13.1. The van der Waals surface area contributed by atoms with E-state index in [1.165, 1.54) is 0 Å². The monoisotopic (exact) mass is 520 g/mol. The van der Waals surface area contributed by atoms with E-state index in [9.17, 15) is 14.9 Å². The van der Waals surface area contributed by atoms with E-state index < -0.39 is 5.92 Å². The molecule has 198 valence electrons. The van der Waals surface area contributed by atoms with Crippen LogP contribution in [-0.2, 0) is 9.59 Å². The van der Waals surface area contributed by atoms with Gasteiger partial charge in [-0.25, -0.2) is 0 Å². The van der Waals surface area contributed by atoms with Crippen molar-refractivity contribution in [1.82, 2.24) is 9.80 Å². The van der Waals surface area contributed by atoms with E-state index in [0.29, 0.717) is 29.2 Å². The minimum Gasteiger partial charge on any atom is -0.325 e. The maximum Gasteiger partial charge on any atom is 0.240 e. The van der Waals surface area contributed by atoms with Gasteiger partial charge in [-0.2, -0.15) is 5.26 Å². The quantitative estimate of drug-likeness (QED) is 0.475. The fourth-order valence-corrected chi connectivity index (χ4v) is 5.10. The van der Waals surface area contributed by atoms with Gasteiger partial charge in [-0.05, 0) is 54.1 Å². The van der Waals surface area contributed by atoms with E-state index in [1.54, 1.807) is 24.1 Å². The van der Waals surface area contributed by atoms with Crippen LogP contribution in [0.5, 0.6) is 0 Å². The summed E-state index contributed by atoms with van der Waals surface area (Å²) in [6.45, 7) is 7.40. The highest BCUT2D eigenvalue weighted by Crippen LogP contribution is 2.37. The number of carbonyl (C=O) groups is 2. The molecule has 39 heavy (non-hydrogen) atoms. The number of nitrogens with one attached hydrogen (secondary N) is 1. The number of likely N-dealkylation sites (N-methyl/N-ethyl adjacent to an activating group) is 2. The number of rotatable bonds is 7. The molecule has 0 saturated carbocycles. The van der Waals surface area contributed by atoms with E-state index in [4.69, 9.17) is 4.99 Å². The second-order valence-electron chi connectivity index (χ2n) is 9.88. The molecule has 0 radical (unpaired) electrons. The molecule has 2 aliphatic rings. The minimum absolute atomic E-state index is 0.0529. The first-order valence-electron chi connectivity index (χ1n) is 13.3. The van der Waals surface area contributed by atoms with Gasteiger partial charge < -0.3 is 15.1 Å². The van der Waals surface area contributed by atoms with Crippen LogP contribution in [0.25, 0.3) is 0 Å². The molecule has 3 aromatic carbocycles. The zero-order valence-corrected chi connectivity index (χ0v) is 22.3. The van der Waals surface area contributed by atoms with Crippen LogP contribution in [0.4, 0.5) is 17.1 Å². The topological polar surface area (TPSA) is 92.0 Å². The van der Waals surface area contributed by atoms with Crippen LogP contribution in [0.15, 0.2) is 77.8 Å². The normalized spacial score (nSPS) is 17.8. The molecule has 1 unspecified atom stereocenters. The molecule has 2 aliphatic heterocycles. The molecular weight excluding hydrogens is 488 g/mol. The number of fused-ring (bicyclic) bond motifs is 1. The zero-order chi connectivity index (χ0) is 27.4. The Balaban J connectivity index is 1.37. The van der Waals surface area contributed by atoms with E-state index in [-0.39, 0.29) is 11.8 Å². The Morgan fingerprint density at radius 2 is 1.72 bits per heavy atom. The van der Waals surface area contributed by atoms with E-state index in [2.05, 4.69) is 28.1 Å². The van der Waals surface area contributed by atoms with Crippen LogP contribution < -0.4 is 10.2 Å². The first kappa shape index (κ1) is 26.3. The Morgan fingerprint density at radius 1 is 1.03 bits per heavy atom. The highest BCUT2D eigenvalue weighted by Gasteiger charge is 2.35. The molecule has 0 aliphatic carbocycles. The zero-order valence-electron chi connectivity index (χ0n) is 22.3. The van der Waals surface area contributed by atoms with Crippen molar-refractivity contribution in [3.63, 3.8) is 0 Å². The van der Waals surface area contributed by atoms with E-state index >= 15 is 0 Å². The lowest BCUT2D eigenvalue weighted by Crippen LogP contribution is -2.49. The molecule has 0 aromatic heterocycles. The van der Waals surface area contributed by atoms with Crippen LogP contribution in [0.1, 0.15) is 29.5 Å². The Hall–Kier alpha value is -4.32. The second kappa shape index (κ2) is 11.6. The molecule has 8 heteroatoms. The van der Waals surface area contributed by atoms with Gasteiger partial charge in [0.05, 0.1) is 29.6 Å². The first-order chi connectivity index (χ1) is 19.0. The SMILES string of the molecule is CCN1CCN(CC(=O)N(C)c2ccc(N=C(c3ccccc3)C3C(=O)Nc4cc(C#N)ccc43)cc2)CC1. The lowest BCUT2D eigenvalue weighted by Gasteiger charge is -2.34. The molecule has 0 bridgehead atoms. The van der Waals surface area contributed by atoms with Gasteiger partial charge in [0.1, 0.15) is 5.92 Å². The number of aliphatic imine (C=N–C) groups is 1. The molecule has 2 amide bonds. The van der Waals surface area contributed by atoms with Gasteiger partial charge in [0.25, 0.3) is 0 Å². The summed E-state index contributed by atoms with van der Waals surface area (Å²) in [6, 6.07) is 24.5. The minimum atomic E-state index is -0.604. The van der Waals surface area contributed by atoms with Crippen molar-refractivity contribution in [1.29, 1.82) is 5.26 Å². The summed E-state index contributed by atoms with van der Waals surface area (Å²) in [7, 11) is 1.80. The summed E-state index contributed by atoms with van der Waals surface area (Å²) in [5.41, 5.74) is 4.87. The molecule has 2 heterocycles. The molecule has 8 nitrogen and oxygen atoms in total. The molecule has 1 fully saturated rings. The Labute approximate surface area is 229 Å². The summed E-state index contributed by atoms with van der Waals surface area (Å²) in [6.07, 6.45) is 0. The largest absolute Gasteiger partial charge is 0.325 e. The second-order valence-corrected chi connectivity index (χ2v) is 9.88. The van der Waals surface area contributed by atoms with Gasteiger partial charge in [-0.3, -0.25) is 19.5 Å². The molecule has 1 N–H and O–H groups in total. The predicted octanol–water partition coefficient (Wildman–Crippen LogP) is 4.02. The molecule has 0 spiro atoms. The van der Waals surface area contributed by atoms with Gasteiger partial charge in [-0.15, -0.1) is 0 Å². The number of nitrogens with zero attached hydrogens (tertiary/aromatic N) is 5. The number of benzene rings is 3. The summed E-state index contributed by atoms with van der Waals surface area (Å²) in [5.74, 6) is -0.728. The van der Waals surface area contributed by atoms with Crippen molar-refractivity contribution in [2.24, 2.45) is 4.99 Å². The average Bonchev–Trinajstić information content (AvgIpc) is 3.31. The number of anilines is 2. The summed E-state index contributed by atoms with van der Waals surface area (Å²) >= 11 is 0. The van der Waals surface area contributed by atoms with Crippen molar-refractivity contribution in [2.75, 3.05) is 56.5 Å². The van der Waals surface area contributed by atoms with Crippen LogP contribution in [0.2, 0.25) is 0 Å². The van der Waals surface area contributed by atoms with Crippen molar-refractivity contribution in [2.45, 2.75) is 12.8 Å². The fraction of sp³-hybridized carbons (Fsp3) is 0.290. The standard InChI is InChI=1S/C31H32N6O2/c1-3-36-15-17-37(18-16-36)21-28(38)35(2)25-12-10-24(11-13-25)33-30(23-7-5-4-6-8-23)29-26-14-9-22(20-32)19-27(26)34-31(29)39/h4-14,19,29H,3,15-18,21H2,1-2H3,(H,34,39). The highest BCUT2D eigenvalue weighted by molar-refractivity contribution is 6.24.